The van der Waals surface area contributed by atoms with Crippen LogP contribution in [0.15, 0.2) is 53.3 Å². The SMILES string of the molecule is c1ccc(C2CNCC(c3ccoc3)O2)cc1. The van der Waals surface area contributed by atoms with Gasteiger partial charge in [0.1, 0.15) is 0 Å². The van der Waals surface area contributed by atoms with Crippen molar-refractivity contribution >= 4 is 0 Å². The highest BCUT2D eigenvalue weighted by Crippen LogP contribution is 2.29. The zero-order valence-corrected chi connectivity index (χ0v) is 9.50. The predicted molar refractivity (Wildman–Crippen MR) is 64.6 cm³/mol. The number of furan rings is 1. The van der Waals surface area contributed by atoms with Crippen molar-refractivity contribution in [2.75, 3.05) is 13.1 Å². The average Bonchev–Trinajstić information content (AvgIpc) is 2.94. The molecule has 3 heteroatoms. The molecule has 0 bridgehead atoms. The molecule has 1 fully saturated rings. The third-order valence-corrected chi connectivity index (χ3v) is 3.07. The molecule has 1 aromatic heterocycles. The molecular weight excluding hydrogens is 214 g/mol. The van der Waals surface area contributed by atoms with E-state index in [-0.39, 0.29) is 12.2 Å². The van der Waals surface area contributed by atoms with Gasteiger partial charge in [0.25, 0.3) is 0 Å². The van der Waals surface area contributed by atoms with E-state index in [1.807, 2.05) is 24.3 Å². The summed E-state index contributed by atoms with van der Waals surface area (Å²) in [6.07, 6.45) is 3.63. The molecule has 0 aliphatic carbocycles. The molecule has 0 radical (unpaired) electrons. The first kappa shape index (κ1) is 10.6. The molecule has 1 aliphatic rings. The molecule has 2 atom stereocenters. The van der Waals surface area contributed by atoms with E-state index in [0.717, 1.165) is 18.7 Å². The molecule has 17 heavy (non-hydrogen) atoms. The van der Waals surface area contributed by atoms with Crippen molar-refractivity contribution < 1.29 is 9.15 Å². The number of ether oxygens (including phenoxy) is 1. The fraction of sp³-hybridized carbons (Fsp3) is 0.286. The summed E-state index contributed by atoms with van der Waals surface area (Å²) in [5.74, 6) is 0. The Bertz CT molecular complexity index is 452. The first-order chi connectivity index (χ1) is 8.43. The Labute approximate surface area is 100 Å². The predicted octanol–water partition coefficient (Wildman–Crippen LogP) is 2.68. The van der Waals surface area contributed by atoms with Gasteiger partial charge in [0, 0.05) is 18.7 Å². The molecule has 0 spiro atoms. The normalized spacial score (nSPS) is 24.7. The number of rotatable bonds is 2. The number of hydrogen-bond acceptors (Lipinski definition) is 3. The summed E-state index contributed by atoms with van der Waals surface area (Å²) in [4.78, 5) is 0. The smallest absolute Gasteiger partial charge is 0.0989 e. The van der Waals surface area contributed by atoms with E-state index in [1.54, 1.807) is 12.5 Å². The molecule has 2 heterocycles. The minimum atomic E-state index is 0.0766. The maximum absolute atomic E-state index is 6.09. The monoisotopic (exact) mass is 229 g/mol. The molecule has 1 saturated heterocycles. The molecule has 88 valence electrons. The van der Waals surface area contributed by atoms with Gasteiger partial charge >= 0.3 is 0 Å². The topological polar surface area (TPSA) is 34.4 Å². The van der Waals surface area contributed by atoms with Gasteiger partial charge in [0.15, 0.2) is 0 Å². The van der Waals surface area contributed by atoms with Crippen LogP contribution < -0.4 is 5.32 Å². The fourth-order valence-corrected chi connectivity index (χ4v) is 2.16. The second kappa shape index (κ2) is 4.73. The van der Waals surface area contributed by atoms with E-state index in [0.29, 0.717) is 0 Å². The first-order valence-electron chi connectivity index (χ1n) is 5.87. The molecule has 1 N–H and O–H groups in total. The van der Waals surface area contributed by atoms with Gasteiger partial charge < -0.3 is 14.5 Å². The molecule has 0 saturated carbocycles. The molecule has 2 unspecified atom stereocenters. The highest BCUT2D eigenvalue weighted by atomic mass is 16.5. The Kier molecular flexibility index (Phi) is 2.94. The summed E-state index contributed by atoms with van der Waals surface area (Å²) >= 11 is 0. The Morgan fingerprint density at radius 1 is 0.941 bits per heavy atom. The quantitative estimate of drug-likeness (QED) is 0.859. The van der Waals surface area contributed by atoms with Crippen LogP contribution in [0.3, 0.4) is 0 Å². The zero-order chi connectivity index (χ0) is 11.5. The standard InChI is InChI=1S/C14H15NO2/c1-2-4-11(5-3-1)13-8-15-9-14(17-13)12-6-7-16-10-12/h1-7,10,13-15H,8-9H2. The molecule has 1 aliphatic heterocycles. The molecule has 2 aromatic rings. The van der Waals surface area contributed by atoms with E-state index in [9.17, 15) is 0 Å². The lowest BCUT2D eigenvalue weighted by Crippen LogP contribution is -2.35. The summed E-state index contributed by atoms with van der Waals surface area (Å²) in [5, 5.41) is 3.41. The van der Waals surface area contributed by atoms with Crippen molar-refractivity contribution in [3.8, 4) is 0 Å². The first-order valence-corrected chi connectivity index (χ1v) is 5.87. The minimum absolute atomic E-state index is 0.0766. The van der Waals surface area contributed by atoms with Crippen molar-refractivity contribution in [1.82, 2.24) is 5.32 Å². The van der Waals surface area contributed by atoms with Crippen LogP contribution in [-0.2, 0) is 4.74 Å². The summed E-state index contributed by atoms with van der Waals surface area (Å²) in [5.41, 5.74) is 2.31. The number of nitrogens with one attached hydrogen (secondary N) is 1. The molecule has 0 amide bonds. The van der Waals surface area contributed by atoms with E-state index in [2.05, 4.69) is 17.4 Å². The second-order valence-electron chi connectivity index (χ2n) is 4.24. The van der Waals surface area contributed by atoms with Gasteiger partial charge in [-0.05, 0) is 11.6 Å². The van der Waals surface area contributed by atoms with E-state index < -0.39 is 0 Å². The van der Waals surface area contributed by atoms with Crippen LogP contribution in [0.5, 0.6) is 0 Å². The van der Waals surface area contributed by atoms with E-state index in [1.165, 1.54) is 5.56 Å². The Hall–Kier alpha value is -1.58. The van der Waals surface area contributed by atoms with Crippen molar-refractivity contribution in [3.05, 3.63) is 60.1 Å². The molecule has 3 rings (SSSR count). The average molecular weight is 229 g/mol. The van der Waals surface area contributed by atoms with Crippen LogP contribution in [0.4, 0.5) is 0 Å². The van der Waals surface area contributed by atoms with Gasteiger partial charge in [-0.2, -0.15) is 0 Å². The van der Waals surface area contributed by atoms with Crippen LogP contribution in [-0.4, -0.2) is 13.1 Å². The number of benzene rings is 1. The Morgan fingerprint density at radius 2 is 1.71 bits per heavy atom. The highest BCUT2D eigenvalue weighted by molar-refractivity contribution is 5.19. The van der Waals surface area contributed by atoms with Crippen molar-refractivity contribution in [2.24, 2.45) is 0 Å². The minimum Gasteiger partial charge on any atom is -0.472 e. The summed E-state index contributed by atoms with van der Waals surface area (Å²) in [6.45, 7) is 1.70. The van der Waals surface area contributed by atoms with Crippen molar-refractivity contribution in [1.29, 1.82) is 0 Å². The molecule has 3 nitrogen and oxygen atoms in total. The lowest BCUT2D eigenvalue weighted by atomic mass is 10.1. The maximum Gasteiger partial charge on any atom is 0.0989 e. The van der Waals surface area contributed by atoms with Gasteiger partial charge in [-0.1, -0.05) is 30.3 Å². The largest absolute Gasteiger partial charge is 0.472 e. The van der Waals surface area contributed by atoms with Crippen molar-refractivity contribution in [3.63, 3.8) is 0 Å². The summed E-state index contributed by atoms with van der Waals surface area (Å²) < 4.78 is 11.2. The second-order valence-corrected chi connectivity index (χ2v) is 4.24. The van der Waals surface area contributed by atoms with Crippen LogP contribution >= 0.6 is 0 Å². The molecular formula is C14H15NO2. The third kappa shape index (κ3) is 2.25. The third-order valence-electron chi connectivity index (χ3n) is 3.07. The highest BCUT2D eigenvalue weighted by Gasteiger charge is 2.24. The van der Waals surface area contributed by atoms with Crippen LogP contribution in [0.1, 0.15) is 23.3 Å². The van der Waals surface area contributed by atoms with Crippen molar-refractivity contribution in [2.45, 2.75) is 12.2 Å². The summed E-state index contributed by atoms with van der Waals surface area (Å²) in [7, 11) is 0. The van der Waals surface area contributed by atoms with Crippen LogP contribution in [0.2, 0.25) is 0 Å². The van der Waals surface area contributed by atoms with E-state index in [4.69, 9.17) is 9.15 Å². The lowest BCUT2D eigenvalue weighted by molar-refractivity contribution is -0.0408. The van der Waals surface area contributed by atoms with Gasteiger partial charge in [-0.3, -0.25) is 0 Å². The Morgan fingerprint density at radius 3 is 2.41 bits per heavy atom. The summed E-state index contributed by atoms with van der Waals surface area (Å²) in [6, 6.07) is 12.3. The van der Waals surface area contributed by atoms with Gasteiger partial charge in [0.05, 0.1) is 24.7 Å². The van der Waals surface area contributed by atoms with Gasteiger partial charge in [-0.15, -0.1) is 0 Å². The number of morpholine rings is 1. The fourth-order valence-electron chi connectivity index (χ4n) is 2.16. The van der Waals surface area contributed by atoms with Gasteiger partial charge in [-0.25, -0.2) is 0 Å². The van der Waals surface area contributed by atoms with Crippen LogP contribution in [0, 0.1) is 0 Å². The molecule has 1 aromatic carbocycles. The maximum atomic E-state index is 6.09. The zero-order valence-electron chi connectivity index (χ0n) is 9.50. The van der Waals surface area contributed by atoms with E-state index >= 15 is 0 Å². The number of hydrogen-bond donors (Lipinski definition) is 1. The Balaban J connectivity index is 1.76. The van der Waals surface area contributed by atoms with Gasteiger partial charge in [0.2, 0.25) is 0 Å². The lowest BCUT2D eigenvalue weighted by Gasteiger charge is -2.30. The van der Waals surface area contributed by atoms with Crippen LogP contribution in [0.25, 0.3) is 0 Å².